The minimum Gasteiger partial charge on any atom is -0.244 e. The van der Waals surface area contributed by atoms with Gasteiger partial charge in [-0.25, -0.2) is 9.89 Å². The molecular formula is C8H6Cl2N4O. The minimum absolute atomic E-state index is 0.349. The van der Waals surface area contributed by atoms with Crippen LogP contribution in [0.5, 0.6) is 0 Å². The van der Waals surface area contributed by atoms with Gasteiger partial charge in [0.25, 0.3) is 0 Å². The van der Waals surface area contributed by atoms with Crippen molar-refractivity contribution in [2.75, 3.05) is 0 Å². The van der Waals surface area contributed by atoms with Crippen molar-refractivity contribution in [1.82, 2.24) is 20.2 Å². The fourth-order valence-corrected chi connectivity index (χ4v) is 1.62. The Labute approximate surface area is 94.6 Å². The van der Waals surface area contributed by atoms with Crippen LogP contribution in [0.25, 0.3) is 5.69 Å². The number of aromatic nitrogens is 4. The highest BCUT2D eigenvalue weighted by Gasteiger charge is 2.09. The number of hydrogen-bond acceptors (Lipinski definition) is 3. The highest BCUT2D eigenvalue weighted by Crippen LogP contribution is 2.26. The topological polar surface area (TPSA) is 63.6 Å². The summed E-state index contributed by atoms with van der Waals surface area (Å²) in [5.74, 6) is 0. The quantitative estimate of drug-likeness (QED) is 0.829. The van der Waals surface area contributed by atoms with E-state index in [-0.39, 0.29) is 0 Å². The molecule has 0 aliphatic rings. The Morgan fingerprint density at radius 2 is 2.07 bits per heavy atom. The number of aromatic amines is 1. The molecule has 1 heterocycles. The van der Waals surface area contributed by atoms with Crippen LogP contribution in [0.1, 0.15) is 5.56 Å². The zero-order valence-electron chi connectivity index (χ0n) is 7.66. The second-order valence-electron chi connectivity index (χ2n) is 2.97. The van der Waals surface area contributed by atoms with Crippen molar-refractivity contribution in [3.8, 4) is 5.69 Å². The molecule has 15 heavy (non-hydrogen) atoms. The second-order valence-corrected chi connectivity index (χ2v) is 3.79. The predicted molar refractivity (Wildman–Crippen MR) is 56.7 cm³/mol. The number of hydrogen-bond donors (Lipinski definition) is 1. The van der Waals surface area contributed by atoms with Crippen molar-refractivity contribution in [2.24, 2.45) is 0 Å². The zero-order chi connectivity index (χ0) is 11.0. The Bertz CT molecular complexity index is 560. The van der Waals surface area contributed by atoms with Crippen molar-refractivity contribution in [3.63, 3.8) is 0 Å². The van der Waals surface area contributed by atoms with Gasteiger partial charge in [-0.1, -0.05) is 23.2 Å². The van der Waals surface area contributed by atoms with Crippen LogP contribution >= 0.6 is 23.2 Å². The van der Waals surface area contributed by atoms with Crippen molar-refractivity contribution >= 4 is 23.2 Å². The number of aryl methyl sites for hydroxylation is 1. The first-order valence-electron chi connectivity index (χ1n) is 4.06. The van der Waals surface area contributed by atoms with E-state index in [1.54, 1.807) is 12.1 Å². The molecule has 5 nitrogen and oxygen atoms in total. The van der Waals surface area contributed by atoms with E-state index in [0.717, 1.165) is 10.2 Å². The lowest BCUT2D eigenvalue weighted by molar-refractivity contribution is 0.779. The summed E-state index contributed by atoms with van der Waals surface area (Å²) in [6.07, 6.45) is 0. The summed E-state index contributed by atoms with van der Waals surface area (Å²) in [5.41, 5.74) is 0.821. The lowest BCUT2D eigenvalue weighted by Gasteiger charge is -2.04. The first-order chi connectivity index (χ1) is 7.09. The summed E-state index contributed by atoms with van der Waals surface area (Å²) in [6.45, 7) is 1.81. The molecule has 0 aliphatic carbocycles. The molecule has 7 heteroatoms. The van der Waals surface area contributed by atoms with Crippen LogP contribution in [-0.2, 0) is 0 Å². The third-order valence-electron chi connectivity index (χ3n) is 1.93. The molecular weight excluding hydrogens is 239 g/mol. The average Bonchev–Trinajstić information content (AvgIpc) is 2.58. The summed E-state index contributed by atoms with van der Waals surface area (Å²) in [6, 6.07) is 3.24. The van der Waals surface area contributed by atoms with Crippen LogP contribution in [0, 0.1) is 6.92 Å². The first-order valence-corrected chi connectivity index (χ1v) is 4.81. The number of rotatable bonds is 1. The summed E-state index contributed by atoms with van der Waals surface area (Å²) in [7, 11) is 0. The smallest absolute Gasteiger partial charge is 0.244 e. The lowest BCUT2D eigenvalue weighted by atomic mass is 10.2. The molecule has 0 fully saturated rings. The van der Waals surface area contributed by atoms with Crippen LogP contribution in [-0.4, -0.2) is 20.2 Å². The van der Waals surface area contributed by atoms with Gasteiger partial charge in [-0.3, -0.25) is 0 Å². The number of nitrogens with one attached hydrogen (secondary N) is 1. The van der Waals surface area contributed by atoms with E-state index in [1.807, 2.05) is 6.92 Å². The van der Waals surface area contributed by atoms with Crippen LogP contribution < -0.4 is 5.69 Å². The molecule has 0 atom stereocenters. The van der Waals surface area contributed by atoms with Crippen LogP contribution in [0.4, 0.5) is 0 Å². The summed E-state index contributed by atoms with van der Waals surface area (Å²) in [5, 5.41) is 10.0. The van der Waals surface area contributed by atoms with E-state index in [1.165, 1.54) is 0 Å². The van der Waals surface area contributed by atoms with E-state index >= 15 is 0 Å². The molecule has 0 spiro atoms. The van der Waals surface area contributed by atoms with Crippen molar-refractivity contribution < 1.29 is 0 Å². The monoisotopic (exact) mass is 244 g/mol. The highest BCUT2D eigenvalue weighted by molar-refractivity contribution is 6.36. The molecule has 0 radical (unpaired) electrons. The van der Waals surface area contributed by atoms with Crippen LogP contribution in [0.3, 0.4) is 0 Å². The Morgan fingerprint density at radius 1 is 1.33 bits per heavy atom. The van der Waals surface area contributed by atoms with Crippen molar-refractivity contribution in [2.45, 2.75) is 6.92 Å². The summed E-state index contributed by atoms with van der Waals surface area (Å²) >= 11 is 11.8. The Balaban J connectivity index is 2.69. The van der Waals surface area contributed by atoms with Gasteiger partial charge >= 0.3 is 5.69 Å². The molecule has 1 aromatic carbocycles. The van der Waals surface area contributed by atoms with Gasteiger partial charge < -0.3 is 0 Å². The Morgan fingerprint density at radius 3 is 2.67 bits per heavy atom. The first kappa shape index (κ1) is 10.2. The molecule has 0 saturated carbocycles. The van der Waals surface area contributed by atoms with Gasteiger partial charge in [-0.2, -0.15) is 4.68 Å². The standard InChI is InChI=1S/C8H6Cl2N4O/c1-4-2-7(6(10)3-5(4)9)14-8(15)11-12-13-14/h2-3H,1H3,(H,11,13,15). The second kappa shape index (κ2) is 3.67. The Kier molecular flexibility index (Phi) is 2.50. The van der Waals surface area contributed by atoms with Crippen LogP contribution in [0.2, 0.25) is 10.0 Å². The summed E-state index contributed by atoms with van der Waals surface area (Å²) in [4.78, 5) is 11.3. The number of H-pyrrole nitrogens is 1. The average molecular weight is 245 g/mol. The van der Waals surface area contributed by atoms with E-state index in [9.17, 15) is 4.79 Å². The molecule has 0 aliphatic heterocycles. The van der Waals surface area contributed by atoms with E-state index in [0.29, 0.717) is 15.7 Å². The zero-order valence-corrected chi connectivity index (χ0v) is 9.17. The van der Waals surface area contributed by atoms with E-state index in [2.05, 4.69) is 15.5 Å². The molecule has 0 unspecified atom stereocenters. The fraction of sp³-hybridized carbons (Fsp3) is 0.125. The molecule has 1 N–H and O–H groups in total. The van der Waals surface area contributed by atoms with Gasteiger partial charge in [0, 0.05) is 5.02 Å². The molecule has 0 amide bonds. The molecule has 2 rings (SSSR count). The van der Waals surface area contributed by atoms with Crippen molar-refractivity contribution in [3.05, 3.63) is 38.2 Å². The van der Waals surface area contributed by atoms with Gasteiger partial charge in [-0.05, 0) is 35.0 Å². The maximum absolute atomic E-state index is 11.3. The number of halogens is 2. The number of nitrogens with zero attached hydrogens (tertiary/aromatic N) is 3. The minimum atomic E-state index is -0.446. The van der Waals surface area contributed by atoms with Gasteiger partial charge in [0.05, 0.1) is 10.7 Å². The van der Waals surface area contributed by atoms with Gasteiger partial charge in [0.15, 0.2) is 0 Å². The molecule has 1 aromatic heterocycles. The highest BCUT2D eigenvalue weighted by atomic mass is 35.5. The van der Waals surface area contributed by atoms with E-state index in [4.69, 9.17) is 23.2 Å². The fourth-order valence-electron chi connectivity index (χ4n) is 1.16. The molecule has 0 saturated heterocycles. The van der Waals surface area contributed by atoms with Crippen molar-refractivity contribution in [1.29, 1.82) is 0 Å². The molecule has 2 aromatic rings. The SMILES string of the molecule is Cc1cc(-n2nn[nH]c2=O)c(Cl)cc1Cl. The lowest BCUT2D eigenvalue weighted by Crippen LogP contribution is -2.16. The van der Waals surface area contributed by atoms with Gasteiger partial charge in [0.2, 0.25) is 0 Å². The largest absolute Gasteiger partial charge is 0.365 e. The van der Waals surface area contributed by atoms with Crippen LogP contribution in [0.15, 0.2) is 16.9 Å². The van der Waals surface area contributed by atoms with Gasteiger partial charge in [0.1, 0.15) is 0 Å². The number of benzene rings is 1. The third-order valence-corrected chi connectivity index (χ3v) is 2.64. The third kappa shape index (κ3) is 1.75. The van der Waals surface area contributed by atoms with E-state index < -0.39 is 5.69 Å². The molecule has 78 valence electrons. The number of tetrazole rings is 1. The maximum atomic E-state index is 11.3. The Hall–Kier alpha value is -1.33. The van der Waals surface area contributed by atoms with Gasteiger partial charge in [-0.15, -0.1) is 0 Å². The predicted octanol–water partition coefficient (Wildman–Crippen LogP) is 1.57. The maximum Gasteiger partial charge on any atom is 0.365 e. The molecule has 0 bridgehead atoms. The summed E-state index contributed by atoms with van der Waals surface area (Å²) < 4.78 is 1.08. The normalized spacial score (nSPS) is 10.6.